The average Bonchev–Trinajstić information content (AvgIpc) is 2.79. The van der Waals surface area contributed by atoms with Gasteiger partial charge in [0.05, 0.1) is 5.69 Å². The van der Waals surface area contributed by atoms with Crippen molar-refractivity contribution < 1.29 is 4.79 Å². The van der Waals surface area contributed by atoms with Gasteiger partial charge in [-0.1, -0.05) is 47.2 Å². The lowest BCUT2D eigenvalue weighted by molar-refractivity contribution is 0.102. The molecule has 33 heavy (non-hydrogen) atoms. The average molecular weight is 456 g/mol. The summed E-state index contributed by atoms with van der Waals surface area (Å²) in [6.07, 6.45) is 0. The minimum Gasteiger partial charge on any atom is -0.322 e. The van der Waals surface area contributed by atoms with Crippen LogP contribution in [0.2, 0.25) is 0 Å². The Labute approximate surface area is 197 Å². The fourth-order valence-corrected chi connectivity index (χ4v) is 4.45. The summed E-state index contributed by atoms with van der Waals surface area (Å²) < 4.78 is 1.35. The molecule has 5 nitrogen and oxygen atoms in total. The molecule has 6 heteroatoms. The molecule has 3 aromatic carbocycles. The Balaban J connectivity index is 1.55. The summed E-state index contributed by atoms with van der Waals surface area (Å²) >= 11 is 1.49. The Morgan fingerprint density at radius 2 is 1.45 bits per heavy atom. The molecule has 4 rings (SSSR count). The maximum absolute atomic E-state index is 12.8. The Kier molecular flexibility index (Phi) is 6.47. The number of anilines is 1. The van der Waals surface area contributed by atoms with Crippen LogP contribution in [0.1, 0.15) is 32.6 Å². The van der Waals surface area contributed by atoms with E-state index in [9.17, 15) is 9.59 Å². The highest BCUT2D eigenvalue weighted by Gasteiger charge is 2.12. The van der Waals surface area contributed by atoms with E-state index in [0.717, 1.165) is 27.3 Å². The third kappa shape index (κ3) is 5.23. The zero-order valence-corrected chi connectivity index (χ0v) is 19.9. The maximum Gasteiger partial charge on any atom is 0.271 e. The molecule has 0 bridgehead atoms. The SMILES string of the molecule is Cc1ccc(Sc2ccc(=O)n(-c3ccc(C(=O)Nc4c(C)cc(C)cc4C)cc3)n2)cc1. The van der Waals surface area contributed by atoms with E-state index in [0.29, 0.717) is 16.3 Å². The van der Waals surface area contributed by atoms with Crippen LogP contribution >= 0.6 is 11.8 Å². The normalized spacial score (nSPS) is 10.8. The van der Waals surface area contributed by atoms with E-state index < -0.39 is 0 Å². The van der Waals surface area contributed by atoms with Gasteiger partial charge >= 0.3 is 0 Å². The summed E-state index contributed by atoms with van der Waals surface area (Å²) in [5.74, 6) is -0.194. The Morgan fingerprint density at radius 3 is 2.09 bits per heavy atom. The van der Waals surface area contributed by atoms with Gasteiger partial charge in [-0.05, 0) is 81.3 Å². The lowest BCUT2D eigenvalue weighted by atomic mass is 10.0. The molecular weight excluding hydrogens is 430 g/mol. The molecule has 1 amide bonds. The highest BCUT2D eigenvalue weighted by Crippen LogP contribution is 2.26. The van der Waals surface area contributed by atoms with Gasteiger partial charge < -0.3 is 5.32 Å². The first-order valence-corrected chi connectivity index (χ1v) is 11.5. The smallest absolute Gasteiger partial charge is 0.271 e. The molecule has 4 aromatic rings. The summed E-state index contributed by atoms with van der Waals surface area (Å²) in [6.45, 7) is 8.05. The van der Waals surface area contributed by atoms with E-state index in [1.54, 1.807) is 30.3 Å². The Hall–Kier alpha value is -3.64. The van der Waals surface area contributed by atoms with Gasteiger partial charge in [-0.25, -0.2) is 0 Å². The monoisotopic (exact) mass is 455 g/mol. The highest BCUT2D eigenvalue weighted by atomic mass is 32.2. The van der Waals surface area contributed by atoms with Gasteiger partial charge in [0.1, 0.15) is 5.03 Å². The first-order chi connectivity index (χ1) is 15.8. The van der Waals surface area contributed by atoms with Crippen molar-refractivity contribution in [2.75, 3.05) is 5.32 Å². The molecule has 1 N–H and O–H groups in total. The third-order valence-electron chi connectivity index (χ3n) is 5.31. The van der Waals surface area contributed by atoms with Crippen molar-refractivity contribution in [1.82, 2.24) is 9.78 Å². The molecule has 0 atom stereocenters. The molecule has 0 fully saturated rings. The van der Waals surface area contributed by atoms with Crippen LogP contribution in [0.3, 0.4) is 0 Å². The molecule has 0 aliphatic carbocycles. The van der Waals surface area contributed by atoms with Crippen LogP contribution in [-0.2, 0) is 0 Å². The maximum atomic E-state index is 12.8. The van der Waals surface area contributed by atoms with Gasteiger partial charge in [0.15, 0.2) is 0 Å². The molecule has 1 aromatic heterocycles. The zero-order chi connectivity index (χ0) is 23.5. The molecular formula is C27H25N3O2S. The largest absolute Gasteiger partial charge is 0.322 e. The van der Waals surface area contributed by atoms with Crippen molar-refractivity contribution in [3.05, 3.63) is 111 Å². The number of nitrogens with zero attached hydrogens (tertiary/aromatic N) is 2. The van der Waals surface area contributed by atoms with Crippen LogP contribution in [0.25, 0.3) is 5.69 Å². The van der Waals surface area contributed by atoms with Crippen molar-refractivity contribution in [2.24, 2.45) is 0 Å². The molecule has 0 aliphatic rings. The second-order valence-electron chi connectivity index (χ2n) is 8.11. The first-order valence-electron chi connectivity index (χ1n) is 10.6. The predicted molar refractivity (Wildman–Crippen MR) is 134 cm³/mol. The minimum absolute atomic E-state index is 0.194. The van der Waals surface area contributed by atoms with E-state index in [4.69, 9.17) is 0 Å². The van der Waals surface area contributed by atoms with Gasteiger partial charge in [0.25, 0.3) is 11.5 Å². The van der Waals surface area contributed by atoms with Gasteiger partial charge in [-0.3, -0.25) is 9.59 Å². The fourth-order valence-electron chi connectivity index (χ4n) is 3.68. The number of amides is 1. The lowest BCUT2D eigenvalue weighted by Gasteiger charge is -2.13. The number of rotatable bonds is 5. The molecule has 0 saturated heterocycles. The van der Waals surface area contributed by atoms with Crippen LogP contribution in [0.15, 0.2) is 87.5 Å². The van der Waals surface area contributed by atoms with E-state index in [1.807, 2.05) is 64.1 Å². The second-order valence-corrected chi connectivity index (χ2v) is 9.21. The predicted octanol–water partition coefficient (Wildman–Crippen LogP) is 5.87. The van der Waals surface area contributed by atoms with Crippen LogP contribution < -0.4 is 10.9 Å². The fraction of sp³-hybridized carbons (Fsp3) is 0.148. The van der Waals surface area contributed by atoms with E-state index in [1.165, 1.54) is 28.1 Å². The number of aromatic nitrogens is 2. The summed E-state index contributed by atoms with van der Waals surface area (Å²) in [6, 6.07) is 22.3. The van der Waals surface area contributed by atoms with Crippen molar-refractivity contribution >= 4 is 23.4 Å². The Bertz CT molecular complexity index is 1350. The van der Waals surface area contributed by atoms with Crippen molar-refractivity contribution in [3.8, 4) is 5.69 Å². The topological polar surface area (TPSA) is 64.0 Å². The van der Waals surface area contributed by atoms with Gasteiger partial charge in [-0.15, -0.1) is 0 Å². The second kappa shape index (κ2) is 9.46. The number of carbonyl (C=O) groups excluding carboxylic acids is 1. The zero-order valence-electron chi connectivity index (χ0n) is 19.0. The molecule has 166 valence electrons. The van der Waals surface area contributed by atoms with Crippen molar-refractivity contribution in [3.63, 3.8) is 0 Å². The number of hydrogen-bond donors (Lipinski definition) is 1. The van der Waals surface area contributed by atoms with Gasteiger partial charge in [-0.2, -0.15) is 9.78 Å². The number of benzene rings is 3. The number of nitrogens with one attached hydrogen (secondary N) is 1. The number of aryl methyl sites for hydroxylation is 4. The molecule has 0 unspecified atom stereocenters. The lowest BCUT2D eigenvalue weighted by Crippen LogP contribution is -2.20. The molecule has 0 aliphatic heterocycles. The van der Waals surface area contributed by atoms with Gasteiger partial charge in [0, 0.05) is 22.2 Å². The van der Waals surface area contributed by atoms with Crippen LogP contribution in [-0.4, -0.2) is 15.7 Å². The van der Waals surface area contributed by atoms with Crippen LogP contribution in [0.5, 0.6) is 0 Å². The summed E-state index contributed by atoms with van der Waals surface area (Å²) in [4.78, 5) is 26.3. The quantitative estimate of drug-likeness (QED) is 0.409. The first kappa shape index (κ1) is 22.6. The van der Waals surface area contributed by atoms with Crippen LogP contribution in [0.4, 0.5) is 5.69 Å². The van der Waals surface area contributed by atoms with E-state index in [2.05, 4.69) is 10.4 Å². The molecule has 0 saturated carbocycles. The Morgan fingerprint density at radius 1 is 0.818 bits per heavy atom. The molecule has 0 radical (unpaired) electrons. The van der Waals surface area contributed by atoms with Crippen molar-refractivity contribution in [1.29, 1.82) is 0 Å². The summed E-state index contributed by atoms with van der Waals surface area (Å²) in [7, 11) is 0. The molecule has 0 spiro atoms. The summed E-state index contributed by atoms with van der Waals surface area (Å²) in [5, 5.41) is 8.22. The molecule has 1 heterocycles. The van der Waals surface area contributed by atoms with Crippen LogP contribution in [0, 0.1) is 27.7 Å². The number of hydrogen-bond acceptors (Lipinski definition) is 4. The minimum atomic E-state index is -0.230. The van der Waals surface area contributed by atoms with Crippen molar-refractivity contribution in [2.45, 2.75) is 37.6 Å². The standard InChI is InChI=1S/C27H25N3O2S/c1-17-5-11-23(12-6-17)33-24-13-14-25(31)30(29-24)22-9-7-21(8-10-22)27(32)28-26-19(3)15-18(2)16-20(26)4/h5-16H,1-4H3,(H,28,32). The third-order valence-corrected chi connectivity index (χ3v) is 6.24. The summed E-state index contributed by atoms with van der Waals surface area (Å²) in [5.41, 5.74) is 6.11. The van der Waals surface area contributed by atoms with E-state index >= 15 is 0 Å². The number of carbonyl (C=O) groups is 1. The van der Waals surface area contributed by atoms with E-state index in [-0.39, 0.29) is 11.5 Å². The highest BCUT2D eigenvalue weighted by molar-refractivity contribution is 7.99. The van der Waals surface area contributed by atoms with Gasteiger partial charge in [0.2, 0.25) is 0 Å².